The molecule has 3 N–H and O–H groups in total. The van der Waals surface area contributed by atoms with E-state index in [2.05, 4.69) is 23.7 Å². The first-order valence-corrected chi connectivity index (χ1v) is 24.7. The van der Waals surface area contributed by atoms with Crippen LogP contribution in [0.2, 0.25) is 0 Å². The molecule has 0 unspecified atom stereocenters. The third-order valence-corrected chi connectivity index (χ3v) is 14.2. The van der Waals surface area contributed by atoms with Gasteiger partial charge in [-0.05, 0) is 110 Å². The van der Waals surface area contributed by atoms with E-state index in [9.17, 15) is 25.4 Å². The van der Waals surface area contributed by atoms with Gasteiger partial charge in [0.1, 0.15) is 30.8 Å². The fourth-order valence-corrected chi connectivity index (χ4v) is 11.0. The van der Waals surface area contributed by atoms with Gasteiger partial charge in [-0.3, -0.25) is 19.9 Å². The van der Waals surface area contributed by atoms with Gasteiger partial charge in [-0.2, -0.15) is 0 Å². The van der Waals surface area contributed by atoms with Gasteiger partial charge in [-0.25, -0.2) is 0 Å². The number of unbranched alkanes of at least 4 members (excludes halogenated alkanes) is 2. The number of ether oxygens (including phenoxy) is 4. The van der Waals surface area contributed by atoms with E-state index in [0.717, 1.165) is 67.5 Å². The number of aliphatic hydroxyl groups is 3. The summed E-state index contributed by atoms with van der Waals surface area (Å²) in [6.07, 6.45) is 14.3. The van der Waals surface area contributed by atoms with Crippen LogP contribution in [-0.2, 0) is 32.3 Å². The lowest BCUT2D eigenvalue weighted by atomic mass is 9.55. The van der Waals surface area contributed by atoms with Gasteiger partial charge in [0.05, 0.1) is 48.7 Å². The number of oxime groups is 1. The number of fused-ring (bicyclic) bond motifs is 2. The molecule has 3 aromatic rings. The zero-order chi connectivity index (χ0) is 47.9. The Labute approximate surface area is 400 Å². The summed E-state index contributed by atoms with van der Waals surface area (Å²) in [4.78, 5) is 38.7. The van der Waals surface area contributed by atoms with E-state index < -0.39 is 22.7 Å². The molecular formula is C53H70N4O11. The van der Waals surface area contributed by atoms with Gasteiger partial charge in [0.15, 0.2) is 0 Å². The maximum absolute atomic E-state index is 15.0. The van der Waals surface area contributed by atoms with Crippen molar-refractivity contribution in [3.05, 3.63) is 118 Å². The molecule has 4 aliphatic rings. The Morgan fingerprint density at radius 2 is 1.76 bits per heavy atom. The van der Waals surface area contributed by atoms with Gasteiger partial charge in [0.2, 0.25) is 11.7 Å². The SMILES string of the molecule is C=CCO[C@@]12Oc3ccc(OCc4cccc(C)n4)cc3[C@H]3[C@H](CCCCO)[C@@H](CCCCO)C=C(C(=NOCc4ccc([N+](=O)[O-])cc4)C[C@@H]1N(CCOCCO)C(=O)CCC1CCCC1)[C@H]32. The number of amides is 1. The number of nitro groups is 1. The number of hydrogen-bond donors (Lipinski definition) is 3. The van der Waals surface area contributed by atoms with E-state index in [-0.39, 0.29) is 95.2 Å². The number of non-ortho nitro benzene ring substituents is 1. The fraction of sp³-hybridized carbons (Fsp3) is 0.566. The van der Waals surface area contributed by atoms with Crippen molar-refractivity contribution < 1.29 is 48.8 Å². The normalized spacial score (nSPS) is 23.6. The molecule has 1 aromatic heterocycles. The average Bonchev–Trinajstić information content (AvgIpc) is 3.88. The summed E-state index contributed by atoms with van der Waals surface area (Å²) in [7, 11) is 0. The summed E-state index contributed by atoms with van der Waals surface area (Å²) in [5, 5.41) is 46.0. The maximum Gasteiger partial charge on any atom is 0.269 e. The molecule has 2 saturated carbocycles. The molecule has 0 saturated heterocycles. The summed E-state index contributed by atoms with van der Waals surface area (Å²) in [6.45, 7) is 6.93. The minimum atomic E-state index is -1.45. The molecule has 1 amide bonds. The smallest absolute Gasteiger partial charge is 0.269 e. The lowest BCUT2D eigenvalue weighted by molar-refractivity contribution is -0.384. The third-order valence-electron chi connectivity index (χ3n) is 14.2. The first-order chi connectivity index (χ1) is 33.2. The van der Waals surface area contributed by atoms with E-state index in [0.29, 0.717) is 48.0 Å². The molecule has 2 heterocycles. The van der Waals surface area contributed by atoms with Crippen LogP contribution < -0.4 is 9.47 Å². The van der Waals surface area contributed by atoms with Crippen LogP contribution in [0.5, 0.6) is 11.5 Å². The van der Waals surface area contributed by atoms with E-state index in [1.165, 1.54) is 25.0 Å². The molecule has 6 atom stereocenters. The van der Waals surface area contributed by atoms with E-state index in [4.69, 9.17) is 28.9 Å². The standard InChI is InChI=1S/C53H70N4O11/c1-3-29-66-53-49(56(25-30-64-31-28-60)50(61)24-19-38-12-4-5-13-38)34-47(55-67-35-39-17-20-42(21-18-39)57(62)63)45-32-40(14-6-8-26-58)44(16-7-9-27-59)51(52(45)53)46-33-43(22-23-48(46)68-53)65-36-41-15-10-11-37(2)54-41/h3,10-11,15,17-18,20-23,32-33,38,40,44,49,51-52,58-60H,1,4-9,12-14,16,19,24-31,34-36H2,2H3/t40-,44+,49-,51+,52+,53+/m0/s1. The monoisotopic (exact) mass is 939 g/mol. The first-order valence-electron chi connectivity index (χ1n) is 24.7. The van der Waals surface area contributed by atoms with Crippen LogP contribution in [0.1, 0.15) is 112 Å². The Bertz CT molecular complexity index is 2190. The number of aromatic nitrogens is 1. The van der Waals surface area contributed by atoms with Gasteiger partial charge in [0.25, 0.3) is 5.69 Å². The molecule has 15 nitrogen and oxygen atoms in total. The number of nitrogens with zero attached hydrogens (tertiary/aromatic N) is 4. The number of rotatable bonds is 27. The number of hydrogen-bond acceptors (Lipinski definition) is 13. The van der Waals surface area contributed by atoms with E-state index in [1.54, 1.807) is 18.2 Å². The van der Waals surface area contributed by atoms with Crippen LogP contribution in [0.3, 0.4) is 0 Å². The number of aliphatic hydroxyl groups excluding tert-OH is 3. The number of benzene rings is 2. The highest BCUT2D eigenvalue weighted by Gasteiger charge is 2.65. The third kappa shape index (κ3) is 12.3. The van der Waals surface area contributed by atoms with Gasteiger partial charge >= 0.3 is 0 Å². The molecule has 2 aromatic carbocycles. The summed E-state index contributed by atoms with van der Waals surface area (Å²) in [5.41, 5.74) is 4.84. The lowest BCUT2D eigenvalue weighted by Gasteiger charge is -2.60. The molecule has 0 radical (unpaired) electrons. The second kappa shape index (κ2) is 24.9. The predicted molar refractivity (Wildman–Crippen MR) is 257 cm³/mol. The summed E-state index contributed by atoms with van der Waals surface area (Å²) >= 11 is 0. The lowest BCUT2D eigenvalue weighted by Crippen LogP contribution is -2.70. The molecular weight excluding hydrogens is 869 g/mol. The molecule has 3 aliphatic carbocycles. The van der Waals surface area contributed by atoms with Crippen molar-refractivity contribution in [3.63, 3.8) is 0 Å². The molecule has 2 fully saturated rings. The highest BCUT2D eigenvalue weighted by Crippen LogP contribution is 2.62. The van der Waals surface area contributed by atoms with E-state index >= 15 is 4.79 Å². The van der Waals surface area contributed by atoms with Crippen molar-refractivity contribution in [2.45, 2.75) is 121 Å². The predicted octanol–water partition coefficient (Wildman–Crippen LogP) is 8.52. The maximum atomic E-state index is 15.0. The first kappa shape index (κ1) is 50.7. The largest absolute Gasteiger partial charge is 0.487 e. The Morgan fingerprint density at radius 3 is 2.49 bits per heavy atom. The molecule has 68 heavy (non-hydrogen) atoms. The van der Waals surface area contributed by atoms with Crippen molar-refractivity contribution in [1.82, 2.24) is 9.88 Å². The van der Waals surface area contributed by atoms with Gasteiger partial charge in [-0.1, -0.05) is 61.9 Å². The zero-order valence-corrected chi connectivity index (χ0v) is 39.6. The zero-order valence-electron chi connectivity index (χ0n) is 39.6. The van der Waals surface area contributed by atoms with Crippen LogP contribution in [0.15, 0.2) is 90.1 Å². The topological polar surface area (TPSA) is 196 Å². The quantitative estimate of drug-likeness (QED) is 0.0286. The van der Waals surface area contributed by atoms with Crippen LogP contribution in [-0.4, -0.2) is 99.8 Å². The number of carbonyl (C=O) groups excluding carboxylic acids is 1. The van der Waals surface area contributed by atoms with Crippen molar-refractivity contribution >= 4 is 17.3 Å². The number of aryl methyl sites for hydroxylation is 1. The Hall–Kier alpha value is -5.19. The minimum absolute atomic E-state index is 0.0115. The molecule has 368 valence electrons. The molecule has 0 spiro atoms. The summed E-state index contributed by atoms with van der Waals surface area (Å²) in [6, 6.07) is 17.2. The summed E-state index contributed by atoms with van der Waals surface area (Å²) < 4.78 is 26.9. The van der Waals surface area contributed by atoms with Crippen LogP contribution in [0.25, 0.3) is 0 Å². The number of allylic oxidation sites excluding steroid dienone is 1. The van der Waals surface area contributed by atoms with Crippen LogP contribution in [0.4, 0.5) is 5.69 Å². The highest BCUT2D eigenvalue weighted by molar-refractivity contribution is 6.03. The van der Waals surface area contributed by atoms with Gasteiger partial charge < -0.3 is 44.0 Å². The Balaban J connectivity index is 1.39. The van der Waals surface area contributed by atoms with Crippen molar-refractivity contribution in [3.8, 4) is 11.5 Å². The number of carbonyl (C=O) groups is 1. The molecule has 0 bridgehead atoms. The summed E-state index contributed by atoms with van der Waals surface area (Å²) in [5.74, 6) is -0.509. The number of pyridine rings is 1. The average molecular weight is 939 g/mol. The van der Waals surface area contributed by atoms with E-state index in [1.807, 2.05) is 42.2 Å². The highest BCUT2D eigenvalue weighted by atomic mass is 16.7. The Kier molecular flexibility index (Phi) is 18.6. The fourth-order valence-electron chi connectivity index (χ4n) is 11.0. The molecule has 7 rings (SSSR count). The van der Waals surface area contributed by atoms with Crippen molar-refractivity contribution in [1.29, 1.82) is 0 Å². The number of nitro benzene ring substituents is 1. The Morgan fingerprint density at radius 1 is 0.985 bits per heavy atom. The molecule has 15 heteroatoms. The minimum Gasteiger partial charge on any atom is -0.487 e. The van der Waals surface area contributed by atoms with Gasteiger partial charge in [0, 0.05) is 61.9 Å². The van der Waals surface area contributed by atoms with Crippen molar-refractivity contribution in [2.75, 3.05) is 46.2 Å². The van der Waals surface area contributed by atoms with Crippen LogP contribution in [0, 0.1) is 40.7 Å². The molecule has 1 aliphatic heterocycles. The second-order valence-corrected chi connectivity index (χ2v) is 18.6. The van der Waals surface area contributed by atoms with Gasteiger partial charge in [-0.15, -0.1) is 6.58 Å². The van der Waals surface area contributed by atoms with Crippen LogP contribution >= 0.6 is 0 Å². The van der Waals surface area contributed by atoms with Crippen molar-refractivity contribution in [2.24, 2.45) is 28.8 Å². The second-order valence-electron chi connectivity index (χ2n) is 18.6.